The Balaban J connectivity index is 1.38. The van der Waals surface area contributed by atoms with Crippen LogP contribution in [-0.4, -0.2) is 57.2 Å². The standard InChI is InChI=1S/C17H24N6OS/c1-11-19-13(10-25-11)9-22-2-4-23(5-3-22)16-8-15(20-17(18)21-16)12-6-14(24)7-12/h8,10,12,14,24H,2-7,9H2,1H3,(H2,18,20,21). The van der Waals surface area contributed by atoms with Gasteiger partial charge in [-0.3, -0.25) is 4.90 Å². The van der Waals surface area contributed by atoms with Crippen LogP contribution in [0.1, 0.15) is 35.2 Å². The fraction of sp³-hybridized carbons (Fsp3) is 0.588. The summed E-state index contributed by atoms with van der Waals surface area (Å²) in [5.74, 6) is 1.55. The van der Waals surface area contributed by atoms with Gasteiger partial charge in [-0.25, -0.2) is 9.97 Å². The van der Waals surface area contributed by atoms with Crippen molar-refractivity contribution in [1.29, 1.82) is 0 Å². The number of anilines is 2. The molecule has 2 fully saturated rings. The Morgan fingerprint density at radius 1 is 1.20 bits per heavy atom. The lowest BCUT2D eigenvalue weighted by molar-refractivity contribution is 0.0732. The molecule has 3 heterocycles. The van der Waals surface area contributed by atoms with E-state index in [1.54, 1.807) is 11.3 Å². The number of aliphatic hydroxyl groups excluding tert-OH is 1. The fourth-order valence-corrected chi connectivity index (χ4v) is 4.12. The highest BCUT2D eigenvalue weighted by molar-refractivity contribution is 7.09. The number of nitrogen functional groups attached to an aromatic ring is 1. The van der Waals surface area contributed by atoms with Crippen LogP contribution in [0.5, 0.6) is 0 Å². The van der Waals surface area contributed by atoms with Crippen LogP contribution in [0.25, 0.3) is 0 Å². The molecule has 0 aromatic carbocycles. The Kier molecular flexibility index (Phi) is 4.58. The summed E-state index contributed by atoms with van der Waals surface area (Å²) in [7, 11) is 0. The number of thiazole rings is 1. The molecule has 7 nitrogen and oxygen atoms in total. The number of hydrogen-bond acceptors (Lipinski definition) is 8. The van der Waals surface area contributed by atoms with Crippen molar-refractivity contribution in [2.45, 2.75) is 38.3 Å². The van der Waals surface area contributed by atoms with Crippen LogP contribution in [0, 0.1) is 6.92 Å². The quantitative estimate of drug-likeness (QED) is 0.851. The predicted molar refractivity (Wildman–Crippen MR) is 98.8 cm³/mol. The van der Waals surface area contributed by atoms with Crippen molar-refractivity contribution >= 4 is 23.1 Å². The maximum atomic E-state index is 9.52. The van der Waals surface area contributed by atoms with E-state index in [4.69, 9.17) is 5.73 Å². The molecular formula is C17H24N6OS. The summed E-state index contributed by atoms with van der Waals surface area (Å²) in [6.45, 7) is 6.77. The molecule has 0 spiro atoms. The van der Waals surface area contributed by atoms with E-state index in [0.29, 0.717) is 11.9 Å². The second-order valence-corrected chi connectivity index (χ2v) is 8.01. The molecule has 8 heteroatoms. The first-order valence-corrected chi connectivity index (χ1v) is 9.65. The SMILES string of the molecule is Cc1nc(CN2CCN(c3cc(C4CC(O)C4)nc(N)n3)CC2)cs1. The van der Waals surface area contributed by atoms with Gasteiger partial charge >= 0.3 is 0 Å². The average molecular weight is 360 g/mol. The van der Waals surface area contributed by atoms with Crippen LogP contribution >= 0.6 is 11.3 Å². The zero-order valence-corrected chi connectivity index (χ0v) is 15.2. The zero-order chi connectivity index (χ0) is 17.4. The highest BCUT2D eigenvalue weighted by Gasteiger charge is 2.31. The normalized spacial score (nSPS) is 24.3. The Morgan fingerprint density at radius 3 is 2.60 bits per heavy atom. The van der Waals surface area contributed by atoms with Gasteiger partial charge in [0.25, 0.3) is 0 Å². The number of nitrogens with two attached hydrogens (primary N) is 1. The molecule has 2 aliphatic rings. The number of nitrogens with zero attached hydrogens (tertiary/aromatic N) is 5. The van der Waals surface area contributed by atoms with Gasteiger partial charge in [-0.1, -0.05) is 0 Å². The molecule has 134 valence electrons. The van der Waals surface area contributed by atoms with Gasteiger partial charge in [0.1, 0.15) is 5.82 Å². The van der Waals surface area contributed by atoms with Crippen molar-refractivity contribution < 1.29 is 5.11 Å². The Bertz CT molecular complexity index is 736. The van der Waals surface area contributed by atoms with Crippen molar-refractivity contribution in [3.63, 3.8) is 0 Å². The Morgan fingerprint density at radius 2 is 1.96 bits per heavy atom. The van der Waals surface area contributed by atoms with Gasteiger partial charge in [0.15, 0.2) is 0 Å². The van der Waals surface area contributed by atoms with Gasteiger partial charge in [-0.2, -0.15) is 4.98 Å². The van der Waals surface area contributed by atoms with E-state index >= 15 is 0 Å². The molecule has 3 N–H and O–H groups in total. The number of aliphatic hydroxyl groups is 1. The average Bonchev–Trinajstić information content (AvgIpc) is 2.97. The number of piperazine rings is 1. The second-order valence-electron chi connectivity index (χ2n) is 6.95. The maximum absolute atomic E-state index is 9.52. The van der Waals surface area contributed by atoms with Crippen LogP contribution in [0.2, 0.25) is 0 Å². The summed E-state index contributed by atoms with van der Waals surface area (Å²) < 4.78 is 0. The van der Waals surface area contributed by atoms with Crippen LogP contribution in [0.3, 0.4) is 0 Å². The van der Waals surface area contributed by atoms with Gasteiger partial charge in [0.2, 0.25) is 5.95 Å². The number of aromatic nitrogens is 3. The minimum absolute atomic E-state index is 0.192. The monoisotopic (exact) mass is 360 g/mol. The van der Waals surface area contributed by atoms with Gasteiger partial charge in [0.05, 0.1) is 22.5 Å². The topological polar surface area (TPSA) is 91.4 Å². The summed E-state index contributed by atoms with van der Waals surface area (Å²) in [4.78, 5) is 18.1. The summed E-state index contributed by atoms with van der Waals surface area (Å²) >= 11 is 1.71. The lowest BCUT2D eigenvalue weighted by Gasteiger charge is -2.36. The molecule has 0 radical (unpaired) electrons. The Hall–Kier alpha value is -1.77. The molecule has 0 bridgehead atoms. The van der Waals surface area contributed by atoms with Crippen molar-refractivity contribution in [2.75, 3.05) is 36.8 Å². The molecule has 1 aliphatic carbocycles. The number of rotatable bonds is 4. The summed E-state index contributed by atoms with van der Waals surface area (Å²) in [5.41, 5.74) is 8.05. The van der Waals surface area contributed by atoms with Gasteiger partial charge in [-0.05, 0) is 19.8 Å². The smallest absolute Gasteiger partial charge is 0.222 e. The van der Waals surface area contributed by atoms with Crippen molar-refractivity contribution in [3.05, 3.63) is 27.8 Å². The van der Waals surface area contributed by atoms with Crippen LogP contribution in [0.15, 0.2) is 11.4 Å². The minimum atomic E-state index is -0.192. The van der Waals surface area contributed by atoms with Crippen molar-refractivity contribution in [3.8, 4) is 0 Å². The van der Waals surface area contributed by atoms with Gasteiger partial charge in [-0.15, -0.1) is 11.3 Å². The molecule has 1 saturated carbocycles. The highest BCUT2D eigenvalue weighted by Crippen LogP contribution is 2.37. The summed E-state index contributed by atoms with van der Waals surface area (Å²) in [6.07, 6.45) is 1.36. The van der Waals surface area contributed by atoms with Crippen LogP contribution in [-0.2, 0) is 6.54 Å². The third-order valence-electron chi connectivity index (χ3n) is 5.03. The Labute approximate surface area is 151 Å². The van der Waals surface area contributed by atoms with E-state index in [-0.39, 0.29) is 6.10 Å². The molecule has 0 unspecified atom stereocenters. The fourth-order valence-electron chi connectivity index (χ4n) is 3.52. The summed E-state index contributed by atoms with van der Waals surface area (Å²) in [5, 5.41) is 12.8. The van der Waals surface area contributed by atoms with E-state index < -0.39 is 0 Å². The molecule has 0 amide bonds. The van der Waals surface area contributed by atoms with Crippen LogP contribution in [0.4, 0.5) is 11.8 Å². The molecule has 2 aromatic heterocycles. The van der Waals surface area contributed by atoms with Crippen LogP contribution < -0.4 is 10.6 Å². The number of hydrogen-bond donors (Lipinski definition) is 2. The first-order valence-electron chi connectivity index (χ1n) is 8.77. The molecular weight excluding hydrogens is 336 g/mol. The largest absolute Gasteiger partial charge is 0.393 e. The van der Waals surface area contributed by atoms with E-state index in [1.165, 1.54) is 0 Å². The minimum Gasteiger partial charge on any atom is -0.393 e. The molecule has 1 aliphatic heterocycles. The predicted octanol–water partition coefficient (Wildman–Crippen LogP) is 1.38. The third kappa shape index (κ3) is 3.75. The van der Waals surface area contributed by atoms with Crippen molar-refractivity contribution in [2.24, 2.45) is 0 Å². The summed E-state index contributed by atoms with van der Waals surface area (Å²) in [6, 6.07) is 2.05. The van der Waals surface area contributed by atoms with Crippen molar-refractivity contribution in [1.82, 2.24) is 19.9 Å². The second kappa shape index (κ2) is 6.86. The molecule has 4 rings (SSSR count). The lowest BCUT2D eigenvalue weighted by Crippen LogP contribution is -2.46. The first kappa shape index (κ1) is 16.7. The molecule has 25 heavy (non-hydrogen) atoms. The zero-order valence-electron chi connectivity index (χ0n) is 14.4. The van der Waals surface area contributed by atoms with E-state index in [9.17, 15) is 5.11 Å². The van der Waals surface area contributed by atoms with E-state index in [1.807, 2.05) is 13.0 Å². The molecule has 1 saturated heterocycles. The lowest BCUT2D eigenvalue weighted by atomic mass is 9.80. The molecule has 0 atom stereocenters. The molecule has 2 aromatic rings. The maximum Gasteiger partial charge on any atom is 0.222 e. The first-order chi connectivity index (χ1) is 12.1. The van der Waals surface area contributed by atoms with E-state index in [2.05, 4.69) is 30.1 Å². The van der Waals surface area contributed by atoms with Gasteiger partial charge < -0.3 is 15.7 Å². The van der Waals surface area contributed by atoms with E-state index in [0.717, 1.165) is 67.8 Å². The van der Waals surface area contributed by atoms with Gasteiger partial charge in [0, 0.05) is 50.1 Å². The highest BCUT2D eigenvalue weighted by atomic mass is 32.1. The third-order valence-corrected chi connectivity index (χ3v) is 5.85. The number of aryl methyl sites for hydroxylation is 1.